The van der Waals surface area contributed by atoms with Crippen molar-refractivity contribution in [1.29, 1.82) is 0 Å². The second kappa shape index (κ2) is 12.3. The highest BCUT2D eigenvalue weighted by molar-refractivity contribution is 6.35. The third-order valence-corrected chi connectivity index (χ3v) is 7.85. The highest BCUT2D eigenvalue weighted by atomic mass is 35.5. The number of rotatable bonds is 9. The van der Waals surface area contributed by atoms with Crippen LogP contribution in [0.4, 0.5) is 5.82 Å². The Morgan fingerprint density at radius 2 is 1.86 bits per heavy atom. The first-order chi connectivity index (χ1) is 20.4. The molecule has 6 rings (SSSR count). The fourth-order valence-electron chi connectivity index (χ4n) is 5.11. The number of hydrogen-bond acceptors (Lipinski definition) is 7. The van der Waals surface area contributed by atoms with Crippen molar-refractivity contribution in [3.8, 4) is 0 Å². The van der Waals surface area contributed by atoms with Gasteiger partial charge in [-0.25, -0.2) is 15.0 Å². The number of imidazole rings is 1. The summed E-state index contributed by atoms with van der Waals surface area (Å²) in [7, 11) is 0. The molecule has 4 heterocycles. The molecule has 1 fully saturated rings. The Bertz CT molecular complexity index is 1760. The van der Waals surface area contributed by atoms with E-state index in [2.05, 4.69) is 30.6 Å². The molecule has 5 aromatic rings. The molecule has 1 aliphatic rings. The van der Waals surface area contributed by atoms with Crippen molar-refractivity contribution in [3.05, 3.63) is 88.2 Å². The van der Waals surface area contributed by atoms with Gasteiger partial charge in [0.2, 0.25) is 5.91 Å². The number of nitrogens with one attached hydrogen (secondary N) is 3. The summed E-state index contributed by atoms with van der Waals surface area (Å²) in [5.41, 5.74) is 3.32. The number of amides is 2. The number of aromatic amines is 1. The number of pyridine rings is 1. The molecule has 3 N–H and O–H groups in total. The first kappa shape index (κ1) is 27.9. The van der Waals surface area contributed by atoms with Crippen molar-refractivity contribution in [3.63, 3.8) is 0 Å². The number of nitrogens with zero attached hydrogens (tertiary/aromatic N) is 5. The number of halogens is 2. The average Bonchev–Trinajstić information content (AvgIpc) is 3.69. The minimum atomic E-state index is -0.417. The Morgan fingerprint density at radius 3 is 2.67 bits per heavy atom. The predicted molar refractivity (Wildman–Crippen MR) is 162 cm³/mol. The number of H-pyrrole nitrogens is 1. The molecule has 1 aliphatic heterocycles. The Morgan fingerprint density at radius 1 is 1.00 bits per heavy atom. The van der Waals surface area contributed by atoms with E-state index >= 15 is 0 Å². The number of likely N-dealkylation sites (tertiary alicyclic amines) is 1. The molecule has 2 aromatic carbocycles. The van der Waals surface area contributed by atoms with Gasteiger partial charge in [0, 0.05) is 36.1 Å². The van der Waals surface area contributed by atoms with Gasteiger partial charge in [0.15, 0.2) is 0 Å². The molecule has 1 unspecified atom stereocenters. The van der Waals surface area contributed by atoms with Crippen LogP contribution in [0.25, 0.3) is 21.9 Å². The number of fused-ring (bicyclic) bond motifs is 2. The van der Waals surface area contributed by atoms with E-state index in [0.717, 1.165) is 42.7 Å². The number of carbonyl (C=O) groups is 2. The second-order valence-electron chi connectivity index (χ2n) is 10.2. The van der Waals surface area contributed by atoms with Crippen molar-refractivity contribution < 1.29 is 9.59 Å². The van der Waals surface area contributed by atoms with Crippen molar-refractivity contribution in [1.82, 2.24) is 35.1 Å². The Balaban J connectivity index is 1.27. The molecule has 214 valence electrons. The summed E-state index contributed by atoms with van der Waals surface area (Å²) < 4.78 is 0. The van der Waals surface area contributed by atoms with E-state index in [1.807, 2.05) is 35.2 Å². The third-order valence-electron chi connectivity index (χ3n) is 7.30. The Hall–Kier alpha value is -4.28. The number of benzene rings is 2. The molecule has 1 saturated heterocycles. The van der Waals surface area contributed by atoms with Crippen LogP contribution in [0.2, 0.25) is 10.0 Å². The van der Waals surface area contributed by atoms with Gasteiger partial charge in [0.25, 0.3) is 5.91 Å². The van der Waals surface area contributed by atoms with Crippen LogP contribution in [-0.2, 0) is 11.3 Å². The lowest BCUT2D eigenvalue weighted by Crippen LogP contribution is -2.27. The molecule has 0 aliphatic carbocycles. The van der Waals surface area contributed by atoms with E-state index in [9.17, 15) is 9.59 Å². The van der Waals surface area contributed by atoms with Crippen LogP contribution in [0.1, 0.15) is 53.6 Å². The van der Waals surface area contributed by atoms with Crippen LogP contribution >= 0.6 is 23.2 Å². The maximum Gasteiger partial charge on any atom is 0.255 e. The smallest absolute Gasteiger partial charge is 0.255 e. The summed E-state index contributed by atoms with van der Waals surface area (Å²) >= 11 is 12.8. The van der Waals surface area contributed by atoms with Crippen LogP contribution in [0.3, 0.4) is 0 Å². The molecular formula is C30H28Cl2N8O2. The molecule has 12 heteroatoms. The summed E-state index contributed by atoms with van der Waals surface area (Å²) in [4.78, 5) is 48.9. The van der Waals surface area contributed by atoms with Gasteiger partial charge in [-0.1, -0.05) is 29.3 Å². The lowest BCUT2D eigenvalue weighted by molar-refractivity contribution is -0.121. The topological polar surface area (TPSA) is 129 Å². The molecule has 3 aromatic heterocycles. The van der Waals surface area contributed by atoms with Gasteiger partial charge in [-0.05, 0) is 61.7 Å². The highest BCUT2D eigenvalue weighted by Gasteiger charge is 2.24. The van der Waals surface area contributed by atoms with Crippen LogP contribution < -0.4 is 10.6 Å². The van der Waals surface area contributed by atoms with E-state index in [0.29, 0.717) is 51.1 Å². The van der Waals surface area contributed by atoms with E-state index < -0.39 is 6.04 Å². The molecule has 2 amide bonds. The van der Waals surface area contributed by atoms with Gasteiger partial charge in [0.1, 0.15) is 18.0 Å². The van der Waals surface area contributed by atoms with Gasteiger partial charge in [-0.3, -0.25) is 14.6 Å². The summed E-state index contributed by atoms with van der Waals surface area (Å²) in [6, 6.07) is 14.0. The fourth-order valence-corrected chi connectivity index (χ4v) is 5.53. The molecule has 10 nitrogen and oxygen atoms in total. The van der Waals surface area contributed by atoms with Crippen LogP contribution in [0.5, 0.6) is 0 Å². The van der Waals surface area contributed by atoms with Crippen molar-refractivity contribution in [2.45, 2.75) is 38.3 Å². The molecule has 0 spiro atoms. The van der Waals surface area contributed by atoms with Crippen molar-refractivity contribution in [2.24, 2.45) is 0 Å². The zero-order chi connectivity index (χ0) is 29.1. The SMILES string of the molecule is O=C(CCC(Nc1ncnc2cc(C(=O)N3CCCC3)c(Cl)cc12)c1nc2ccc(Cl)cc2[nH]1)NCc1ccccn1. The minimum Gasteiger partial charge on any atom is -0.359 e. The number of carbonyl (C=O) groups excluding carboxylic acids is 2. The third kappa shape index (κ3) is 6.14. The van der Waals surface area contributed by atoms with Crippen LogP contribution in [0.15, 0.2) is 61.1 Å². The number of hydrogen-bond donors (Lipinski definition) is 3. The molecule has 42 heavy (non-hydrogen) atoms. The first-order valence-corrected chi connectivity index (χ1v) is 14.5. The maximum atomic E-state index is 13.1. The predicted octanol–water partition coefficient (Wildman–Crippen LogP) is 5.69. The van der Waals surface area contributed by atoms with E-state index in [4.69, 9.17) is 28.2 Å². The number of anilines is 1. The standard InChI is InChI=1S/C30H28Cl2N8O2/c31-18-6-7-23-26(13-18)39-29(37-23)24(8-9-27(41)34-16-19-5-1-2-10-33-19)38-28-21-14-22(32)20(15-25(21)35-17-36-28)30(42)40-11-3-4-12-40/h1-2,5-7,10,13-15,17,24H,3-4,8-9,11-12,16H2,(H,34,41)(H,37,39)(H,35,36,38). The van der Waals surface area contributed by atoms with Crippen LogP contribution in [0, 0.1) is 0 Å². The highest BCUT2D eigenvalue weighted by Crippen LogP contribution is 2.32. The van der Waals surface area contributed by atoms with Crippen LogP contribution in [-0.4, -0.2) is 54.7 Å². The molecule has 0 bridgehead atoms. The maximum absolute atomic E-state index is 13.1. The lowest BCUT2D eigenvalue weighted by atomic mass is 10.1. The van der Waals surface area contributed by atoms with E-state index in [-0.39, 0.29) is 18.2 Å². The molecular weight excluding hydrogens is 575 g/mol. The van der Waals surface area contributed by atoms with E-state index in [1.54, 1.807) is 24.4 Å². The summed E-state index contributed by atoms with van der Waals surface area (Å²) in [5.74, 6) is 0.929. The van der Waals surface area contributed by atoms with Gasteiger partial charge in [-0.2, -0.15) is 0 Å². The van der Waals surface area contributed by atoms with Gasteiger partial charge >= 0.3 is 0 Å². The van der Waals surface area contributed by atoms with Gasteiger partial charge in [0.05, 0.1) is 45.4 Å². The quantitative estimate of drug-likeness (QED) is 0.197. The average molecular weight is 604 g/mol. The van der Waals surface area contributed by atoms with Crippen molar-refractivity contribution >= 4 is 62.8 Å². The summed E-state index contributed by atoms with van der Waals surface area (Å²) in [5, 5.41) is 7.95. The van der Waals surface area contributed by atoms with Gasteiger partial charge < -0.3 is 20.5 Å². The Kier molecular flexibility index (Phi) is 8.16. The summed E-state index contributed by atoms with van der Waals surface area (Å²) in [6.45, 7) is 1.79. The molecule has 0 saturated carbocycles. The number of aromatic nitrogens is 5. The van der Waals surface area contributed by atoms with E-state index in [1.165, 1.54) is 6.33 Å². The zero-order valence-corrected chi connectivity index (χ0v) is 24.1. The molecule has 0 radical (unpaired) electrons. The first-order valence-electron chi connectivity index (χ1n) is 13.8. The second-order valence-corrected chi connectivity index (χ2v) is 11.0. The minimum absolute atomic E-state index is 0.0944. The summed E-state index contributed by atoms with van der Waals surface area (Å²) in [6.07, 6.45) is 5.75. The van der Waals surface area contributed by atoms with Gasteiger partial charge in [-0.15, -0.1) is 0 Å². The fraction of sp³-hybridized carbons (Fsp3) is 0.267. The Labute approximate surface area is 251 Å². The zero-order valence-electron chi connectivity index (χ0n) is 22.6. The lowest BCUT2D eigenvalue weighted by Gasteiger charge is -2.19. The van der Waals surface area contributed by atoms with Crippen molar-refractivity contribution in [2.75, 3.05) is 18.4 Å². The normalized spacial score (nSPS) is 13.9. The largest absolute Gasteiger partial charge is 0.359 e. The monoisotopic (exact) mass is 602 g/mol. The molecule has 1 atom stereocenters.